The molecule has 0 heterocycles. The molecule has 0 spiro atoms. The zero-order valence-corrected chi connectivity index (χ0v) is 16.0. The molecule has 0 unspecified atom stereocenters. The first-order valence-corrected chi connectivity index (χ1v) is 8.15. The molecule has 2 aromatic carbocycles. The summed E-state index contributed by atoms with van der Waals surface area (Å²) in [5.74, 6) is 1.41. The first-order valence-electron chi connectivity index (χ1n) is 7.02. The molecule has 0 atom stereocenters. The monoisotopic (exact) mass is 400 g/mol. The predicted molar refractivity (Wildman–Crippen MR) is 103 cm³/mol. The summed E-state index contributed by atoms with van der Waals surface area (Å²) < 4.78 is 15.8. The van der Waals surface area contributed by atoms with Gasteiger partial charge in [-0.2, -0.15) is 5.10 Å². The third-order valence-corrected chi connectivity index (χ3v) is 4.23. The van der Waals surface area contributed by atoms with Gasteiger partial charge in [0.15, 0.2) is 16.7 Å². The number of ether oxygens (including phenoxy) is 3. The highest BCUT2D eigenvalue weighted by Gasteiger charge is 2.15. The molecular weight excluding hydrogens is 387 g/mol. The van der Waals surface area contributed by atoms with Gasteiger partial charge in [0.2, 0.25) is 5.75 Å². The van der Waals surface area contributed by atoms with Gasteiger partial charge in [0.05, 0.1) is 37.6 Å². The highest BCUT2D eigenvalue weighted by molar-refractivity contribution is 6.69. The summed E-state index contributed by atoms with van der Waals surface area (Å²) >= 11 is 18.0. The van der Waals surface area contributed by atoms with Crippen molar-refractivity contribution in [1.82, 2.24) is 0 Å². The number of nitrogens with zero attached hydrogens (tertiary/aromatic N) is 2. The van der Waals surface area contributed by atoms with E-state index in [0.717, 1.165) is 5.56 Å². The minimum atomic E-state index is 0.163. The maximum Gasteiger partial charge on any atom is 0.203 e. The summed E-state index contributed by atoms with van der Waals surface area (Å²) in [4.78, 5) is 0. The Morgan fingerprint density at radius 3 is 2.08 bits per heavy atom. The maximum absolute atomic E-state index is 6.22. The second-order valence-corrected chi connectivity index (χ2v) is 5.90. The number of rotatable bonds is 6. The molecule has 8 heteroatoms. The Kier molecular flexibility index (Phi) is 6.93. The second kappa shape index (κ2) is 8.94. The van der Waals surface area contributed by atoms with E-state index in [1.807, 2.05) is 0 Å². The Morgan fingerprint density at radius 1 is 0.920 bits per heavy atom. The zero-order valence-electron chi connectivity index (χ0n) is 13.7. The van der Waals surface area contributed by atoms with Gasteiger partial charge in [-0.15, -0.1) is 5.10 Å². The highest BCUT2D eigenvalue weighted by atomic mass is 35.5. The molecule has 0 aliphatic rings. The van der Waals surface area contributed by atoms with Crippen molar-refractivity contribution in [3.63, 3.8) is 0 Å². The summed E-state index contributed by atoms with van der Waals surface area (Å²) in [7, 11) is 4.57. The van der Waals surface area contributed by atoms with E-state index >= 15 is 0 Å². The summed E-state index contributed by atoms with van der Waals surface area (Å²) in [6.45, 7) is 0. The van der Waals surface area contributed by atoms with Crippen molar-refractivity contribution >= 4 is 46.2 Å². The largest absolute Gasteiger partial charge is 0.493 e. The van der Waals surface area contributed by atoms with Crippen LogP contribution in [0.15, 0.2) is 40.5 Å². The Labute approximate surface area is 160 Å². The molecule has 0 saturated carbocycles. The standard InChI is InChI=1S/C17H15Cl3N2O3/c1-23-14-7-11(8-15(24-2)16(14)25-3)17(20)22-21-9-10-4-5-12(18)13(19)6-10/h4-9H,1-3H3/b21-9+,22-17-. The Morgan fingerprint density at radius 2 is 1.56 bits per heavy atom. The van der Waals surface area contributed by atoms with Crippen molar-refractivity contribution in [3.8, 4) is 17.2 Å². The normalized spacial score (nSPS) is 11.7. The second-order valence-electron chi connectivity index (χ2n) is 4.72. The van der Waals surface area contributed by atoms with E-state index in [1.165, 1.54) is 27.5 Å². The fourth-order valence-electron chi connectivity index (χ4n) is 2.00. The van der Waals surface area contributed by atoms with E-state index in [-0.39, 0.29) is 5.17 Å². The van der Waals surface area contributed by atoms with Crippen LogP contribution in [0, 0.1) is 0 Å². The van der Waals surface area contributed by atoms with Crippen LogP contribution < -0.4 is 14.2 Å². The van der Waals surface area contributed by atoms with Crippen LogP contribution in [-0.2, 0) is 0 Å². The summed E-state index contributed by atoms with van der Waals surface area (Å²) in [5.41, 5.74) is 1.31. The first-order chi connectivity index (χ1) is 12.0. The fraction of sp³-hybridized carbons (Fsp3) is 0.176. The third kappa shape index (κ3) is 4.78. The minimum Gasteiger partial charge on any atom is -0.493 e. The van der Waals surface area contributed by atoms with Crippen LogP contribution in [0.2, 0.25) is 10.0 Å². The molecule has 0 bridgehead atoms. The molecule has 2 rings (SSSR count). The number of methoxy groups -OCH3 is 3. The van der Waals surface area contributed by atoms with Crippen LogP contribution in [0.25, 0.3) is 0 Å². The van der Waals surface area contributed by atoms with Crippen LogP contribution in [0.5, 0.6) is 17.2 Å². The van der Waals surface area contributed by atoms with Crippen LogP contribution in [0.1, 0.15) is 11.1 Å². The highest BCUT2D eigenvalue weighted by Crippen LogP contribution is 2.38. The quantitative estimate of drug-likeness (QED) is 0.503. The summed E-state index contributed by atoms with van der Waals surface area (Å²) in [6.07, 6.45) is 1.52. The molecule has 2 aromatic rings. The molecule has 0 fully saturated rings. The Bertz CT molecular complexity index is 798. The average molecular weight is 402 g/mol. The van der Waals surface area contributed by atoms with E-state index < -0.39 is 0 Å². The lowest BCUT2D eigenvalue weighted by Crippen LogP contribution is -1.99. The Balaban J connectivity index is 2.29. The van der Waals surface area contributed by atoms with Crippen molar-refractivity contribution in [1.29, 1.82) is 0 Å². The minimum absolute atomic E-state index is 0.163. The van der Waals surface area contributed by atoms with E-state index in [0.29, 0.717) is 32.9 Å². The molecule has 0 N–H and O–H groups in total. The number of halogens is 3. The molecular formula is C17H15Cl3N2O3. The molecule has 0 aliphatic heterocycles. The molecule has 5 nitrogen and oxygen atoms in total. The molecule has 0 aromatic heterocycles. The predicted octanol–water partition coefficient (Wildman–Crippen LogP) is 5.04. The van der Waals surface area contributed by atoms with Gasteiger partial charge in [-0.05, 0) is 29.8 Å². The van der Waals surface area contributed by atoms with Gasteiger partial charge in [0, 0.05) is 5.56 Å². The molecule has 132 valence electrons. The van der Waals surface area contributed by atoms with Gasteiger partial charge < -0.3 is 14.2 Å². The van der Waals surface area contributed by atoms with Gasteiger partial charge in [0.25, 0.3) is 0 Å². The summed E-state index contributed by atoms with van der Waals surface area (Å²) in [6, 6.07) is 8.48. The van der Waals surface area contributed by atoms with Crippen LogP contribution >= 0.6 is 34.8 Å². The van der Waals surface area contributed by atoms with Gasteiger partial charge in [-0.3, -0.25) is 0 Å². The first kappa shape index (κ1) is 19.4. The molecule has 0 saturated heterocycles. The van der Waals surface area contributed by atoms with Crippen molar-refractivity contribution in [2.75, 3.05) is 21.3 Å². The lowest BCUT2D eigenvalue weighted by molar-refractivity contribution is 0.324. The van der Waals surface area contributed by atoms with E-state index in [2.05, 4.69) is 10.2 Å². The van der Waals surface area contributed by atoms with Crippen LogP contribution in [0.4, 0.5) is 0 Å². The Hall–Kier alpha value is -1.95. The number of benzene rings is 2. The van der Waals surface area contributed by atoms with E-state index in [4.69, 9.17) is 49.0 Å². The van der Waals surface area contributed by atoms with E-state index in [9.17, 15) is 0 Å². The number of hydrogen-bond donors (Lipinski definition) is 0. The topological polar surface area (TPSA) is 52.4 Å². The molecule has 0 aliphatic carbocycles. The molecule has 25 heavy (non-hydrogen) atoms. The fourth-order valence-corrected chi connectivity index (χ4v) is 2.46. The van der Waals surface area contributed by atoms with E-state index in [1.54, 1.807) is 30.3 Å². The SMILES string of the molecule is COc1cc(/C(Cl)=N/N=C/c2ccc(Cl)c(Cl)c2)cc(OC)c1OC. The average Bonchev–Trinajstić information content (AvgIpc) is 2.63. The lowest BCUT2D eigenvalue weighted by Gasteiger charge is -2.13. The smallest absolute Gasteiger partial charge is 0.203 e. The lowest BCUT2D eigenvalue weighted by atomic mass is 10.2. The van der Waals surface area contributed by atoms with Crippen molar-refractivity contribution in [3.05, 3.63) is 51.5 Å². The van der Waals surface area contributed by atoms with Gasteiger partial charge in [-0.1, -0.05) is 40.9 Å². The number of hydrogen-bond acceptors (Lipinski definition) is 5. The zero-order chi connectivity index (χ0) is 18.4. The van der Waals surface area contributed by atoms with Crippen LogP contribution in [0.3, 0.4) is 0 Å². The van der Waals surface area contributed by atoms with Crippen molar-refractivity contribution < 1.29 is 14.2 Å². The van der Waals surface area contributed by atoms with Crippen LogP contribution in [-0.4, -0.2) is 32.7 Å². The van der Waals surface area contributed by atoms with Crippen molar-refractivity contribution in [2.24, 2.45) is 10.2 Å². The molecule has 0 amide bonds. The van der Waals surface area contributed by atoms with Gasteiger partial charge in [0.1, 0.15) is 0 Å². The van der Waals surface area contributed by atoms with Gasteiger partial charge in [-0.25, -0.2) is 0 Å². The maximum atomic E-state index is 6.22. The van der Waals surface area contributed by atoms with Gasteiger partial charge >= 0.3 is 0 Å². The molecule has 0 radical (unpaired) electrons. The van der Waals surface area contributed by atoms with Crippen molar-refractivity contribution in [2.45, 2.75) is 0 Å². The third-order valence-electron chi connectivity index (χ3n) is 3.20. The summed E-state index contributed by atoms with van der Waals surface area (Å²) in [5, 5.41) is 9.00.